The molecule has 234 valence electrons. The van der Waals surface area contributed by atoms with Gasteiger partial charge < -0.3 is 25.6 Å². The number of aryl methyl sites for hydroxylation is 1. The molecule has 3 aromatic rings. The molecule has 0 bridgehead atoms. The molecule has 3 aliphatic heterocycles. The number of methoxy groups -OCH3 is 1. The lowest BCUT2D eigenvalue weighted by Gasteiger charge is -2.48. The third-order valence-corrected chi connectivity index (χ3v) is 8.78. The molecule has 3 saturated heterocycles. The molecule has 13 nitrogen and oxygen atoms in total. The number of nitrogens with two attached hydrogens (primary N) is 1. The summed E-state index contributed by atoms with van der Waals surface area (Å²) in [7, 11) is 1.62. The SMILES string of the molecule is COc1cc(N2CCN(C3CN(C(=O)c4cnc(C(=O)Nc5ccc(C6CCC(=O)NC6=O)cc5)cn4)C3)CC2)c(C)cc1N. The summed E-state index contributed by atoms with van der Waals surface area (Å²) in [6, 6.07) is 11.1. The summed E-state index contributed by atoms with van der Waals surface area (Å²) in [4.78, 5) is 64.2. The number of nitrogens with zero attached hydrogens (tertiary/aromatic N) is 5. The molecule has 4 heterocycles. The maximum absolute atomic E-state index is 13.0. The lowest BCUT2D eigenvalue weighted by Crippen LogP contribution is -2.64. The van der Waals surface area contributed by atoms with Gasteiger partial charge in [0.1, 0.15) is 17.1 Å². The molecule has 0 aliphatic carbocycles. The average Bonchev–Trinajstić information content (AvgIpc) is 3.01. The van der Waals surface area contributed by atoms with Crippen LogP contribution in [-0.2, 0) is 9.59 Å². The number of piperazine rings is 1. The fourth-order valence-electron chi connectivity index (χ4n) is 6.12. The molecule has 0 spiro atoms. The molecule has 6 rings (SSSR count). The summed E-state index contributed by atoms with van der Waals surface area (Å²) in [6.45, 7) is 6.82. The minimum atomic E-state index is -0.467. The molecule has 3 aliphatic rings. The predicted molar refractivity (Wildman–Crippen MR) is 167 cm³/mol. The zero-order valence-electron chi connectivity index (χ0n) is 25.3. The van der Waals surface area contributed by atoms with E-state index in [9.17, 15) is 19.2 Å². The molecule has 13 heteroatoms. The number of ether oxygens (including phenoxy) is 1. The number of nitrogens with one attached hydrogen (secondary N) is 2. The van der Waals surface area contributed by atoms with Crippen molar-refractivity contribution < 1.29 is 23.9 Å². The third-order valence-electron chi connectivity index (χ3n) is 8.78. The van der Waals surface area contributed by atoms with Crippen molar-refractivity contribution >= 4 is 40.7 Å². The van der Waals surface area contributed by atoms with Crippen LogP contribution in [0.25, 0.3) is 0 Å². The van der Waals surface area contributed by atoms with Crippen LogP contribution in [0.2, 0.25) is 0 Å². The van der Waals surface area contributed by atoms with Crippen LogP contribution in [-0.4, -0.2) is 95.8 Å². The Balaban J connectivity index is 0.972. The number of piperidine rings is 1. The summed E-state index contributed by atoms with van der Waals surface area (Å²) >= 11 is 0. The standard InChI is InChI=1S/C32H36N8O5/c1-19-13-24(33)28(45-2)14-27(19)39-11-9-38(10-12-39)22-17-40(18-22)32(44)26-16-34-25(15-35-26)31(43)36-21-5-3-20(4-6-21)23-7-8-29(41)37-30(23)42/h3-6,13-16,22-23H,7-12,17-18,33H2,1-2H3,(H,36,43)(H,37,41,42). The lowest BCUT2D eigenvalue weighted by molar-refractivity contribution is -0.134. The Kier molecular flexibility index (Phi) is 8.35. The average molecular weight is 613 g/mol. The Labute approximate surface area is 260 Å². The van der Waals surface area contributed by atoms with Gasteiger partial charge in [0.15, 0.2) is 0 Å². The molecule has 4 N–H and O–H groups in total. The Bertz CT molecular complexity index is 1610. The number of hydrogen-bond acceptors (Lipinski definition) is 10. The van der Waals surface area contributed by atoms with E-state index in [2.05, 4.69) is 37.3 Å². The summed E-state index contributed by atoms with van der Waals surface area (Å²) in [5, 5.41) is 5.11. The molecule has 2 aromatic carbocycles. The smallest absolute Gasteiger partial charge is 0.275 e. The maximum Gasteiger partial charge on any atom is 0.275 e. The van der Waals surface area contributed by atoms with E-state index in [0.29, 0.717) is 43.1 Å². The topological polar surface area (TPSA) is 163 Å². The van der Waals surface area contributed by atoms with Gasteiger partial charge in [0.2, 0.25) is 11.8 Å². The molecule has 4 amide bonds. The van der Waals surface area contributed by atoms with Crippen molar-refractivity contribution in [3.63, 3.8) is 0 Å². The van der Waals surface area contributed by atoms with Crippen molar-refractivity contribution in [3.05, 3.63) is 71.3 Å². The van der Waals surface area contributed by atoms with Gasteiger partial charge in [-0.2, -0.15) is 0 Å². The third kappa shape index (κ3) is 6.29. The molecule has 45 heavy (non-hydrogen) atoms. The number of hydrogen-bond donors (Lipinski definition) is 3. The fourth-order valence-corrected chi connectivity index (χ4v) is 6.12. The van der Waals surface area contributed by atoms with Crippen LogP contribution in [0.15, 0.2) is 48.8 Å². The Morgan fingerprint density at radius 3 is 2.33 bits per heavy atom. The predicted octanol–water partition coefficient (Wildman–Crippen LogP) is 1.79. The first-order valence-corrected chi connectivity index (χ1v) is 15.0. The molecule has 1 aromatic heterocycles. The van der Waals surface area contributed by atoms with Gasteiger partial charge in [-0.25, -0.2) is 9.97 Å². The second kappa shape index (κ2) is 12.5. The highest BCUT2D eigenvalue weighted by Gasteiger charge is 2.37. The van der Waals surface area contributed by atoms with Crippen molar-refractivity contribution in [2.24, 2.45) is 0 Å². The second-order valence-electron chi connectivity index (χ2n) is 11.6. The van der Waals surface area contributed by atoms with Gasteiger partial charge >= 0.3 is 0 Å². The zero-order valence-corrected chi connectivity index (χ0v) is 25.3. The quantitative estimate of drug-likeness (QED) is 0.265. The Morgan fingerprint density at radius 1 is 1.00 bits per heavy atom. The maximum atomic E-state index is 13.0. The minimum Gasteiger partial charge on any atom is -0.495 e. The Hall–Kier alpha value is -5.04. The Morgan fingerprint density at radius 2 is 1.69 bits per heavy atom. The van der Waals surface area contributed by atoms with E-state index in [1.807, 2.05) is 12.1 Å². The number of benzene rings is 2. The fraction of sp³-hybridized carbons (Fsp3) is 0.375. The van der Waals surface area contributed by atoms with Gasteiger partial charge in [-0.15, -0.1) is 0 Å². The van der Waals surface area contributed by atoms with Crippen molar-refractivity contribution in [2.75, 3.05) is 62.3 Å². The van der Waals surface area contributed by atoms with Gasteiger partial charge in [0.25, 0.3) is 11.8 Å². The summed E-state index contributed by atoms with van der Waals surface area (Å²) in [5.74, 6) is -0.970. The number of carbonyl (C=O) groups is 4. The molecule has 0 saturated carbocycles. The first kappa shape index (κ1) is 30.0. The van der Waals surface area contributed by atoms with Gasteiger partial charge in [0, 0.05) is 69.2 Å². The van der Waals surface area contributed by atoms with Crippen LogP contribution < -0.4 is 26.0 Å². The number of carbonyl (C=O) groups excluding carboxylic acids is 4. The van der Waals surface area contributed by atoms with Crippen molar-refractivity contribution in [3.8, 4) is 5.75 Å². The van der Waals surface area contributed by atoms with Gasteiger partial charge in [-0.05, 0) is 42.7 Å². The number of likely N-dealkylation sites (tertiary alicyclic amines) is 1. The van der Waals surface area contributed by atoms with Crippen LogP contribution in [0.1, 0.15) is 50.9 Å². The van der Waals surface area contributed by atoms with E-state index in [1.54, 1.807) is 36.3 Å². The molecular weight excluding hydrogens is 576 g/mol. The van der Waals surface area contributed by atoms with Gasteiger partial charge in [-0.1, -0.05) is 12.1 Å². The highest BCUT2D eigenvalue weighted by atomic mass is 16.5. The number of nitrogen functional groups attached to an aromatic ring is 1. The van der Waals surface area contributed by atoms with Crippen LogP contribution in [0.4, 0.5) is 17.1 Å². The lowest BCUT2D eigenvalue weighted by atomic mass is 9.90. The van der Waals surface area contributed by atoms with E-state index in [1.165, 1.54) is 12.4 Å². The van der Waals surface area contributed by atoms with Crippen molar-refractivity contribution in [2.45, 2.75) is 31.7 Å². The second-order valence-corrected chi connectivity index (χ2v) is 11.6. The summed E-state index contributed by atoms with van der Waals surface area (Å²) in [5.41, 5.74) is 10.5. The van der Waals surface area contributed by atoms with Gasteiger partial charge in [0.05, 0.1) is 31.1 Å². The molecule has 3 fully saturated rings. The van der Waals surface area contributed by atoms with Crippen molar-refractivity contribution in [1.29, 1.82) is 0 Å². The van der Waals surface area contributed by atoms with Crippen LogP contribution in [0, 0.1) is 6.92 Å². The monoisotopic (exact) mass is 612 g/mol. The van der Waals surface area contributed by atoms with E-state index in [0.717, 1.165) is 43.0 Å². The first-order valence-electron chi connectivity index (χ1n) is 15.0. The number of rotatable bonds is 7. The number of anilines is 3. The highest BCUT2D eigenvalue weighted by Crippen LogP contribution is 2.32. The van der Waals surface area contributed by atoms with Crippen molar-refractivity contribution in [1.82, 2.24) is 25.1 Å². The largest absolute Gasteiger partial charge is 0.495 e. The number of imide groups is 1. The summed E-state index contributed by atoms with van der Waals surface area (Å²) < 4.78 is 5.41. The van der Waals surface area contributed by atoms with Gasteiger partial charge in [-0.3, -0.25) is 29.4 Å². The minimum absolute atomic E-state index is 0.0779. The first-order chi connectivity index (χ1) is 21.7. The van der Waals surface area contributed by atoms with E-state index >= 15 is 0 Å². The molecule has 0 radical (unpaired) electrons. The molecular formula is C32H36N8O5. The molecule has 1 atom stereocenters. The van der Waals surface area contributed by atoms with E-state index < -0.39 is 11.8 Å². The van der Waals surface area contributed by atoms with Crippen LogP contribution >= 0.6 is 0 Å². The zero-order chi connectivity index (χ0) is 31.7. The number of aromatic nitrogens is 2. The van der Waals surface area contributed by atoms with Crippen LogP contribution in [0.5, 0.6) is 5.75 Å². The summed E-state index contributed by atoms with van der Waals surface area (Å²) in [6.07, 6.45) is 3.38. The number of amides is 4. The normalized spacial score (nSPS) is 19.1. The van der Waals surface area contributed by atoms with E-state index in [4.69, 9.17) is 10.5 Å². The van der Waals surface area contributed by atoms with E-state index in [-0.39, 0.29) is 35.2 Å². The van der Waals surface area contributed by atoms with Crippen LogP contribution in [0.3, 0.4) is 0 Å². The highest BCUT2D eigenvalue weighted by molar-refractivity contribution is 6.03. The molecule has 1 unspecified atom stereocenters.